The summed E-state index contributed by atoms with van der Waals surface area (Å²) >= 11 is 0. The summed E-state index contributed by atoms with van der Waals surface area (Å²) in [4.78, 5) is 25.4. The van der Waals surface area contributed by atoms with E-state index in [1.165, 1.54) is 0 Å². The topological polar surface area (TPSA) is 58.6 Å². The van der Waals surface area contributed by atoms with E-state index in [4.69, 9.17) is 4.74 Å². The number of hydrogen-bond donors (Lipinski definition) is 1. The molecule has 0 aliphatic carbocycles. The molecule has 0 spiro atoms. The molecule has 0 radical (unpaired) electrons. The van der Waals surface area contributed by atoms with E-state index in [1.807, 2.05) is 30.3 Å². The quantitative estimate of drug-likeness (QED) is 0.928. The van der Waals surface area contributed by atoms with E-state index in [-0.39, 0.29) is 5.91 Å². The van der Waals surface area contributed by atoms with Gasteiger partial charge in [0.05, 0.1) is 0 Å². The highest BCUT2D eigenvalue weighted by molar-refractivity contribution is 5.85. The summed E-state index contributed by atoms with van der Waals surface area (Å²) in [5.74, 6) is -0.162. The van der Waals surface area contributed by atoms with Crippen molar-refractivity contribution >= 4 is 12.0 Å². The Morgan fingerprint density at radius 2 is 1.81 bits per heavy atom. The van der Waals surface area contributed by atoms with Crippen LogP contribution in [0.5, 0.6) is 0 Å². The van der Waals surface area contributed by atoms with Gasteiger partial charge in [0.2, 0.25) is 5.91 Å². The fraction of sp³-hybridized carbons (Fsp3) is 0.500. The second-order valence-corrected chi connectivity index (χ2v) is 6.05. The van der Waals surface area contributed by atoms with Crippen molar-refractivity contribution in [3.63, 3.8) is 0 Å². The van der Waals surface area contributed by atoms with E-state index in [0.717, 1.165) is 5.56 Å². The molecule has 1 unspecified atom stereocenters. The van der Waals surface area contributed by atoms with Gasteiger partial charge in [0.25, 0.3) is 0 Å². The molecule has 0 saturated carbocycles. The normalized spacial score (nSPS) is 12.4. The van der Waals surface area contributed by atoms with Gasteiger partial charge in [-0.25, -0.2) is 4.79 Å². The van der Waals surface area contributed by atoms with Gasteiger partial charge >= 0.3 is 6.09 Å². The molecule has 5 nitrogen and oxygen atoms in total. The molecule has 0 heterocycles. The van der Waals surface area contributed by atoms with Crippen molar-refractivity contribution in [3.8, 4) is 0 Å². The van der Waals surface area contributed by atoms with Crippen molar-refractivity contribution in [2.75, 3.05) is 7.05 Å². The standard InChI is InChI=1S/C16H24N2O3/c1-12(17-15(20)21-16(2,3)4)14(19)18(5)11-13-9-7-6-8-10-13/h6-10,12H,11H2,1-5H3,(H,17,20). The number of carbonyl (C=O) groups is 2. The first-order chi connectivity index (χ1) is 9.69. The minimum absolute atomic E-state index is 0.162. The van der Waals surface area contributed by atoms with Crippen molar-refractivity contribution in [1.29, 1.82) is 0 Å². The van der Waals surface area contributed by atoms with E-state index in [9.17, 15) is 9.59 Å². The third-order valence-corrected chi connectivity index (χ3v) is 2.74. The Morgan fingerprint density at radius 3 is 2.33 bits per heavy atom. The molecule has 0 saturated heterocycles. The molecule has 0 fully saturated rings. The van der Waals surface area contributed by atoms with Gasteiger partial charge in [-0.15, -0.1) is 0 Å². The zero-order valence-electron chi connectivity index (χ0n) is 13.3. The van der Waals surface area contributed by atoms with Crippen LogP contribution in [0.3, 0.4) is 0 Å². The Balaban J connectivity index is 2.52. The zero-order valence-corrected chi connectivity index (χ0v) is 13.3. The Kier molecular flexibility index (Phi) is 5.76. The number of rotatable bonds is 4. The molecule has 1 rings (SSSR count). The molecule has 1 atom stereocenters. The molecule has 1 aromatic carbocycles. The third-order valence-electron chi connectivity index (χ3n) is 2.74. The highest BCUT2D eigenvalue weighted by atomic mass is 16.6. The first-order valence-electron chi connectivity index (χ1n) is 6.97. The third kappa shape index (κ3) is 6.29. The van der Waals surface area contributed by atoms with Gasteiger partial charge in [-0.05, 0) is 33.3 Å². The maximum atomic E-state index is 12.2. The number of benzene rings is 1. The summed E-state index contributed by atoms with van der Waals surface area (Å²) in [7, 11) is 1.71. The van der Waals surface area contributed by atoms with Crippen molar-refractivity contribution in [3.05, 3.63) is 35.9 Å². The van der Waals surface area contributed by atoms with E-state index < -0.39 is 17.7 Å². The largest absolute Gasteiger partial charge is 0.444 e. The summed E-state index contributed by atoms with van der Waals surface area (Å²) in [5.41, 5.74) is 0.459. The minimum atomic E-state index is -0.631. The summed E-state index contributed by atoms with van der Waals surface area (Å²) < 4.78 is 5.14. The lowest BCUT2D eigenvalue weighted by molar-refractivity contribution is -0.132. The molecule has 5 heteroatoms. The van der Waals surface area contributed by atoms with Crippen LogP contribution in [-0.2, 0) is 16.1 Å². The Morgan fingerprint density at radius 1 is 1.24 bits per heavy atom. The molecular formula is C16H24N2O3. The lowest BCUT2D eigenvalue weighted by atomic mass is 10.2. The molecule has 0 aliphatic rings. The lowest BCUT2D eigenvalue weighted by Gasteiger charge is -2.24. The highest BCUT2D eigenvalue weighted by Gasteiger charge is 2.23. The number of nitrogens with zero attached hydrogens (tertiary/aromatic N) is 1. The number of amides is 2. The van der Waals surface area contributed by atoms with Crippen LogP contribution in [0.4, 0.5) is 4.79 Å². The highest BCUT2D eigenvalue weighted by Crippen LogP contribution is 2.08. The number of ether oxygens (including phenoxy) is 1. The first-order valence-corrected chi connectivity index (χ1v) is 6.97. The van der Waals surface area contributed by atoms with Crippen LogP contribution >= 0.6 is 0 Å². The molecule has 21 heavy (non-hydrogen) atoms. The molecule has 1 aromatic rings. The first kappa shape index (κ1) is 17.0. The van der Waals surface area contributed by atoms with Crippen LogP contribution in [0.25, 0.3) is 0 Å². The number of nitrogens with one attached hydrogen (secondary N) is 1. The monoisotopic (exact) mass is 292 g/mol. The molecule has 0 bridgehead atoms. The minimum Gasteiger partial charge on any atom is -0.444 e. The molecule has 2 amide bonds. The van der Waals surface area contributed by atoms with Crippen molar-refractivity contribution in [2.45, 2.75) is 45.9 Å². The van der Waals surface area contributed by atoms with Gasteiger partial charge in [0.15, 0.2) is 0 Å². The van der Waals surface area contributed by atoms with Crippen LogP contribution in [0, 0.1) is 0 Å². The van der Waals surface area contributed by atoms with Gasteiger partial charge in [-0.3, -0.25) is 4.79 Å². The summed E-state index contributed by atoms with van der Waals surface area (Å²) in [6.45, 7) is 7.48. The summed E-state index contributed by atoms with van der Waals surface area (Å²) in [6, 6.07) is 9.06. The van der Waals surface area contributed by atoms with Gasteiger partial charge < -0.3 is 15.0 Å². The number of alkyl carbamates (subject to hydrolysis) is 1. The van der Waals surface area contributed by atoms with Crippen LogP contribution < -0.4 is 5.32 Å². The second-order valence-electron chi connectivity index (χ2n) is 6.05. The molecule has 116 valence electrons. The molecule has 0 aromatic heterocycles. The molecular weight excluding hydrogens is 268 g/mol. The van der Waals surface area contributed by atoms with E-state index in [2.05, 4.69) is 5.32 Å². The van der Waals surface area contributed by atoms with E-state index >= 15 is 0 Å². The van der Waals surface area contributed by atoms with Gasteiger partial charge in [-0.1, -0.05) is 30.3 Å². The fourth-order valence-corrected chi connectivity index (χ4v) is 1.81. The zero-order chi connectivity index (χ0) is 16.0. The van der Waals surface area contributed by atoms with Crippen molar-refractivity contribution in [1.82, 2.24) is 10.2 Å². The van der Waals surface area contributed by atoms with E-state index in [1.54, 1.807) is 39.6 Å². The average molecular weight is 292 g/mol. The predicted octanol–water partition coefficient (Wildman–Crippen LogP) is 2.56. The van der Waals surface area contributed by atoms with Gasteiger partial charge in [0, 0.05) is 13.6 Å². The Hall–Kier alpha value is -2.04. The maximum absolute atomic E-state index is 12.2. The Labute approximate surface area is 126 Å². The predicted molar refractivity (Wildman–Crippen MR) is 81.7 cm³/mol. The van der Waals surface area contributed by atoms with Crippen LogP contribution in [0.15, 0.2) is 30.3 Å². The maximum Gasteiger partial charge on any atom is 0.408 e. The summed E-state index contributed by atoms with van der Waals surface area (Å²) in [6.07, 6.45) is -0.587. The van der Waals surface area contributed by atoms with Crippen molar-refractivity contribution in [2.24, 2.45) is 0 Å². The number of carbonyl (C=O) groups excluding carboxylic acids is 2. The SMILES string of the molecule is CC(NC(=O)OC(C)(C)C)C(=O)N(C)Cc1ccccc1. The number of likely N-dealkylation sites (N-methyl/N-ethyl adjacent to an activating group) is 1. The van der Waals surface area contributed by atoms with Crippen LogP contribution in [-0.4, -0.2) is 35.6 Å². The average Bonchev–Trinajstić information content (AvgIpc) is 2.36. The lowest BCUT2D eigenvalue weighted by Crippen LogP contribution is -2.46. The number of hydrogen-bond acceptors (Lipinski definition) is 3. The van der Waals surface area contributed by atoms with E-state index in [0.29, 0.717) is 6.54 Å². The Bertz CT molecular complexity index is 480. The summed E-state index contributed by atoms with van der Waals surface area (Å²) in [5, 5.41) is 2.55. The molecule has 0 aliphatic heterocycles. The van der Waals surface area contributed by atoms with Crippen LogP contribution in [0.1, 0.15) is 33.3 Å². The smallest absolute Gasteiger partial charge is 0.408 e. The second kappa shape index (κ2) is 7.11. The van der Waals surface area contributed by atoms with Crippen LogP contribution in [0.2, 0.25) is 0 Å². The van der Waals surface area contributed by atoms with Crippen molar-refractivity contribution < 1.29 is 14.3 Å². The van der Waals surface area contributed by atoms with Gasteiger partial charge in [0.1, 0.15) is 11.6 Å². The van der Waals surface area contributed by atoms with Gasteiger partial charge in [-0.2, -0.15) is 0 Å². The fourth-order valence-electron chi connectivity index (χ4n) is 1.81. The molecule has 1 N–H and O–H groups in total.